The van der Waals surface area contributed by atoms with Crippen LogP contribution in [0, 0.1) is 0 Å². The van der Waals surface area contributed by atoms with E-state index in [1.165, 1.54) is 9.91 Å². The third-order valence-electron chi connectivity index (χ3n) is 5.26. The Morgan fingerprint density at radius 3 is 2.35 bits per heavy atom. The van der Waals surface area contributed by atoms with Gasteiger partial charge in [-0.1, -0.05) is 18.2 Å². The van der Waals surface area contributed by atoms with Crippen LogP contribution in [0.25, 0.3) is 0 Å². The minimum absolute atomic E-state index is 0.0880. The second kappa shape index (κ2) is 10.7. The van der Waals surface area contributed by atoms with Crippen molar-refractivity contribution >= 4 is 17.4 Å². The number of hydrazine groups is 1. The number of carbonyl (C=O) groups is 1. The molecule has 4 N–H and O–H groups in total. The minimum atomic E-state index is -0.331. The molecular weight excluding hydrogens is 430 g/mol. The summed E-state index contributed by atoms with van der Waals surface area (Å²) in [6.07, 6.45) is 8.73. The van der Waals surface area contributed by atoms with Crippen molar-refractivity contribution in [3.63, 3.8) is 0 Å². The van der Waals surface area contributed by atoms with E-state index in [0.717, 1.165) is 23.2 Å². The van der Waals surface area contributed by atoms with Gasteiger partial charge in [0.05, 0.1) is 5.69 Å². The van der Waals surface area contributed by atoms with Crippen LogP contribution >= 0.6 is 0 Å². The Kier molecular flexibility index (Phi) is 7.22. The highest BCUT2D eigenvalue weighted by molar-refractivity contribution is 5.90. The van der Waals surface area contributed by atoms with Gasteiger partial charge >= 0.3 is 6.03 Å². The molecule has 0 unspecified atom stereocenters. The molecule has 174 valence electrons. The zero-order valence-corrected chi connectivity index (χ0v) is 18.9. The number of pyridine rings is 1. The summed E-state index contributed by atoms with van der Waals surface area (Å²) in [5.41, 5.74) is 3.48. The number of nitrogens with zero attached hydrogens (tertiary/aromatic N) is 3. The zero-order chi connectivity index (χ0) is 23.9. The predicted octanol–water partition coefficient (Wildman–Crippen LogP) is 4.42. The van der Waals surface area contributed by atoms with E-state index < -0.39 is 0 Å². The van der Waals surface area contributed by atoms with Crippen LogP contribution in [0.1, 0.15) is 12.0 Å². The molecule has 0 atom stereocenters. The molecule has 3 aromatic rings. The van der Waals surface area contributed by atoms with E-state index in [9.17, 15) is 4.79 Å². The van der Waals surface area contributed by atoms with Crippen molar-refractivity contribution in [2.75, 3.05) is 24.0 Å². The molecule has 0 fully saturated rings. The van der Waals surface area contributed by atoms with Gasteiger partial charge in [-0.3, -0.25) is 14.9 Å². The number of ether oxygens (including phenoxy) is 1. The van der Waals surface area contributed by atoms with Crippen molar-refractivity contribution in [2.24, 2.45) is 5.84 Å². The molecule has 0 saturated carbocycles. The minimum Gasteiger partial charge on any atom is -0.457 e. The lowest BCUT2D eigenvalue weighted by Crippen LogP contribution is -2.42. The lowest BCUT2D eigenvalue weighted by molar-refractivity contribution is 0.231. The van der Waals surface area contributed by atoms with Gasteiger partial charge in [-0.2, -0.15) is 0 Å². The summed E-state index contributed by atoms with van der Waals surface area (Å²) in [4.78, 5) is 18.5. The first-order valence-corrected chi connectivity index (χ1v) is 10.9. The van der Waals surface area contributed by atoms with Crippen molar-refractivity contribution < 1.29 is 14.6 Å². The third kappa shape index (κ3) is 6.00. The number of rotatable bonds is 9. The first kappa shape index (κ1) is 23.0. The molecule has 1 aliphatic carbocycles. The molecule has 0 bridgehead atoms. The summed E-state index contributed by atoms with van der Waals surface area (Å²) in [7, 11) is 1.67. The van der Waals surface area contributed by atoms with Crippen LogP contribution in [0.3, 0.4) is 0 Å². The van der Waals surface area contributed by atoms with Gasteiger partial charge in [0.25, 0.3) is 0 Å². The molecule has 8 nitrogen and oxygen atoms in total. The van der Waals surface area contributed by atoms with Crippen molar-refractivity contribution in [3.05, 3.63) is 102 Å². The summed E-state index contributed by atoms with van der Waals surface area (Å²) in [6.45, 7) is 0.0880. The first-order chi connectivity index (χ1) is 16.5. The fourth-order valence-corrected chi connectivity index (χ4v) is 3.22. The highest BCUT2D eigenvalue weighted by Gasteiger charge is 2.21. The summed E-state index contributed by atoms with van der Waals surface area (Å²) < 4.78 is 5.76. The van der Waals surface area contributed by atoms with E-state index in [0.29, 0.717) is 29.4 Å². The molecule has 0 spiro atoms. The van der Waals surface area contributed by atoms with E-state index in [4.69, 9.17) is 15.7 Å². The third-order valence-corrected chi connectivity index (χ3v) is 5.26. The number of carbonyl (C=O) groups excluding carboxylic acids is 1. The van der Waals surface area contributed by atoms with Crippen LogP contribution in [0.4, 0.5) is 16.2 Å². The van der Waals surface area contributed by atoms with Crippen molar-refractivity contribution in [1.82, 2.24) is 9.88 Å². The SMILES string of the molecule is CN(C(=O)Nc1ccc(Oc2ccncc2)cc1)/C(=C/C1=CC1)N(N)c1ccc(CCO)cc1. The molecule has 1 aliphatic rings. The van der Waals surface area contributed by atoms with Gasteiger partial charge in [-0.25, -0.2) is 10.6 Å². The molecule has 0 aliphatic heterocycles. The Morgan fingerprint density at radius 1 is 1.09 bits per heavy atom. The maximum absolute atomic E-state index is 13.0. The number of hydrogen-bond donors (Lipinski definition) is 3. The van der Waals surface area contributed by atoms with Crippen LogP contribution < -0.4 is 20.9 Å². The first-order valence-electron chi connectivity index (χ1n) is 10.9. The van der Waals surface area contributed by atoms with Gasteiger partial charge < -0.3 is 15.2 Å². The zero-order valence-electron chi connectivity index (χ0n) is 18.9. The summed E-state index contributed by atoms with van der Waals surface area (Å²) >= 11 is 0. The molecule has 8 heteroatoms. The number of nitrogens with one attached hydrogen (secondary N) is 1. The maximum atomic E-state index is 13.0. The molecule has 1 heterocycles. The van der Waals surface area contributed by atoms with Gasteiger partial charge in [0.2, 0.25) is 0 Å². The van der Waals surface area contributed by atoms with Crippen molar-refractivity contribution in [2.45, 2.75) is 12.8 Å². The Balaban J connectivity index is 1.44. The number of aliphatic hydroxyl groups is 1. The molecule has 34 heavy (non-hydrogen) atoms. The molecule has 4 rings (SSSR count). The van der Waals surface area contributed by atoms with E-state index in [1.54, 1.807) is 55.8 Å². The quantitative estimate of drug-likeness (QED) is 0.325. The number of hydrogen-bond acceptors (Lipinski definition) is 6. The van der Waals surface area contributed by atoms with Gasteiger partial charge in [0.1, 0.15) is 17.3 Å². The lowest BCUT2D eigenvalue weighted by Gasteiger charge is -2.29. The second-order valence-corrected chi connectivity index (χ2v) is 7.79. The van der Waals surface area contributed by atoms with E-state index in [2.05, 4.69) is 16.4 Å². The standard InChI is InChI=1S/C26H27N5O3/c1-30(25(18-20-2-3-20)31(27)22-8-4-19(5-9-22)14-17-32)26(33)29-21-6-10-23(11-7-21)34-24-12-15-28-16-13-24/h2,4-13,15-16,18,32H,3,14,17,27H2,1H3,(H,29,33)/b25-18-. The fraction of sp³-hybridized carbons (Fsp3) is 0.154. The van der Waals surface area contributed by atoms with E-state index >= 15 is 0 Å². The van der Waals surface area contributed by atoms with Crippen LogP contribution in [-0.2, 0) is 6.42 Å². The highest BCUT2D eigenvalue weighted by atomic mass is 16.5. The number of urea groups is 1. The summed E-state index contributed by atoms with van der Waals surface area (Å²) in [6, 6.07) is 17.9. The van der Waals surface area contributed by atoms with Crippen molar-refractivity contribution in [3.8, 4) is 11.5 Å². The van der Waals surface area contributed by atoms with Crippen LogP contribution in [0.2, 0.25) is 0 Å². The predicted molar refractivity (Wildman–Crippen MR) is 132 cm³/mol. The Labute approximate surface area is 198 Å². The monoisotopic (exact) mass is 457 g/mol. The van der Waals surface area contributed by atoms with E-state index in [1.807, 2.05) is 30.3 Å². The number of anilines is 2. The number of benzene rings is 2. The second-order valence-electron chi connectivity index (χ2n) is 7.79. The van der Waals surface area contributed by atoms with Crippen LogP contribution in [0.5, 0.6) is 11.5 Å². The molecule has 0 radical (unpaired) electrons. The number of amides is 2. The molecular formula is C26H27N5O3. The summed E-state index contributed by atoms with van der Waals surface area (Å²) in [5, 5.41) is 13.5. The van der Waals surface area contributed by atoms with E-state index in [-0.39, 0.29) is 12.6 Å². The fourth-order valence-electron chi connectivity index (χ4n) is 3.22. The molecule has 2 aromatic carbocycles. The number of allylic oxidation sites excluding steroid dienone is 3. The van der Waals surface area contributed by atoms with Gasteiger partial charge in [-0.05, 0) is 78.6 Å². The van der Waals surface area contributed by atoms with Gasteiger partial charge in [0, 0.05) is 31.7 Å². The maximum Gasteiger partial charge on any atom is 0.327 e. The van der Waals surface area contributed by atoms with Crippen molar-refractivity contribution in [1.29, 1.82) is 0 Å². The summed E-state index contributed by atoms with van der Waals surface area (Å²) in [5.74, 6) is 8.28. The molecule has 1 aromatic heterocycles. The molecule has 0 saturated heterocycles. The molecule has 2 amide bonds. The van der Waals surface area contributed by atoms with Gasteiger partial charge in [-0.15, -0.1) is 0 Å². The number of aliphatic hydroxyl groups excluding tert-OH is 1. The number of nitrogens with two attached hydrogens (primary N) is 1. The normalized spacial score (nSPS) is 12.6. The lowest BCUT2D eigenvalue weighted by atomic mass is 10.1. The topological polar surface area (TPSA) is 104 Å². The smallest absolute Gasteiger partial charge is 0.327 e. The van der Waals surface area contributed by atoms with Gasteiger partial charge in [0.15, 0.2) is 0 Å². The Morgan fingerprint density at radius 2 is 1.74 bits per heavy atom. The largest absolute Gasteiger partial charge is 0.457 e. The Hall–Kier alpha value is -4.14. The number of aromatic nitrogens is 1. The highest BCUT2D eigenvalue weighted by Crippen LogP contribution is 2.27. The Bertz CT molecular complexity index is 1180. The average Bonchev–Trinajstić information content (AvgIpc) is 3.68. The van der Waals surface area contributed by atoms with Crippen LogP contribution in [0.15, 0.2) is 96.6 Å². The van der Waals surface area contributed by atoms with Crippen LogP contribution in [-0.4, -0.2) is 34.7 Å². The average molecular weight is 458 g/mol.